The highest BCUT2D eigenvalue weighted by Gasteiger charge is 2.18. The molecule has 0 saturated carbocycles. The van der Waals surface area contributed by atoms with Crippen molar-refractivity contribution in [3.63, 3.8) is 0 Å². The van der Waals surface area contributed by atoms with E-state index in [1.165, 1.54) is 0 Å². The Hall–Kier alpha value is -1.36. The first kappa shape index (κ1) is 9.73. The number of imidazole rings is 1. The number of hydrogen-bond donors (Lipinski definition) is 2. The van der Waals surface area contributed by atoms with Crippen molar-refractivity contribution in [3.05, 3.63) is 18.2 Å². The summed E-state index contributed by atoms with van der Waals surface area (Å²) in [7, 11) is 0. The molecular weight excluding hydrogens is 170 g/mol. The number of carboxylic acid groups (broad SMARTS) is 1. The monoisotopic (exact) mass is 183 g/mol. The molecule has 0 aliphatic carbocycles. The van der Waals surface area contributed by atoms with E-state index >= 15 is 0 Å². The van der Waals surface area contributed by atoms with Gasteiger partial charge in [-0.3, -0.25) is 0 Å². The van der Waals surface area contributed by atoms with Crippen molar-refractivity contribution >= 4 is 5.97 Å². The standard InChI is InChI=1S/C8H13N3O2/c1-2-6(8(12)13)11-4-3-10-7(11)5-9/h3-4,6H,2,5,9H2,1H3,(H,12,13). The summed E-state index contributed by atoms with van der Waals surface area (Å²) >= 11 is 0. The van der Waals surface area contributed by atoms with Gasteiger partial charge in [0.15, 0.2) is 0 Å². The molecule has 1 rings (SSSR count). The van der Waals surface area contributed by atoms with Crippen molar-refractivity contribution in [2.24, 2.45) is 5.73 Å². The first-order valence-electron chi connectivity index (χ1n) is 4.15. The Bertz CT molecular complexity index is 295. The molecule has 1 aromatic heterocycles. The van der Waals surface area contributed by atoms with Gasteiger partial charge in [0.25, 0.3) is 0 Å². The van der Waals surface area contributed by atoms with Crippen LogP contribution in [0.5, 0.6) is 0 Å². The van der Waals surface area contributed by atoms with Gasteiger partial charge in [-0.1, -0.05) is 6.92 Å². The Balaban J connectivity index is 2.96. The van der Waals surface area contributed by atoms with Crippen LogP contribution >= 0.6 is 0 Å². The van der Waals surface area contributed by atoms with Gasteiger partial charge in [-0.05, 0) is 6.42 Å². The third kappa shape index (κ3) is 1.86. The van der Waals surface area contributed by atoms with Crippen LogP contribution in [0.3, 0.4) is 0 Å². The Morgan fingerprint density at radius 1 is 1.85 bits per heavy atom. The topological polar surface area (TPSA) is 81.1 Å². The first-order valence-corrected chi connectivity index (χ1v) is 4.15. The maximum absolute atomic E-state index is 10.8. The molecule has 0 fully saturated rings. The zero-order valence-electron chi connectivity index (χ0n) is 7.47. The largest absolute Gasteiger partial charge is 0.480 e. The van der Waals surface area contributed by atoms with Crippen molar-refractivity contribution in [2.75, 3.05) is 0 Å². The lowest BCUT2D eigenvalue weighted by molar-refractivity contribution is -0.141. The Morgan fingerprint density at radius 2 is 2.54 bits per heavy atom. The molecular formula is C8H13N3O2. The van der Waals surface area contributed by atoms with Crippen LogP contribution in [0, 0.1) is 0 Å². The Labute approximate surface area is 76.2 Å². The van der Waals surface area contributed by atoms with E-state index in [0.717, 1.165) is 0 Å². The van der Waals surface area contributed by atoms with Crippen LogP contribution in [0.15, 0.2) is 12.4 Å². The molecule has 0 amide bonds. The van der Waals surface area contributed by atoms with E-state index in [1.54, 1.807) is 17.0 Å². The molecule has 1 unspecified atom stereocenters. The van der Waals surface area contributed by atoms with E-state index in [1.807, 2.05) is 6.92 Å². The summed E-state index contributed by atoms with van der Waals surface area (Å²) in [6.07, 6.45) is 3.73. The van der Waals surface area contributed by atoms with E-state index < -0.39 is 12.0 Å². The number of rotatable bonds is 4. The van der Waals surface area contributed by atoms with Gasteiger partial charge in [0.1, 0.15) is 11.9 Å². The molecule has 13 heavy (non-hydrogen) atoms. The Kier molecular flexibility index (Phi) is 3.02. The van der Waals surface area contributed by atoms with Crippen LogP contribution in [0.2, 0.25) is 0 Å². The maximum Gasteiger partial charge on any atom is 0.326 e. The van der Waals surface area contributed by atoms with E-state index in [9.17, 15) is 4.79 Å². The fourth-order valence-electron chi connectivity index (χ4n) is 1.28. The SMILES string of the molecule is CCC(C(=O)O)n1ccnc1CN. The van der Waals surface area contributed by atoms with Crippen molar-refractivity contribution in [1.82, 2.24) is 9.55 Å². The zero-order valence-corrected chi connectivity index (χ0v) is 7.47. The van der Waals surface area contributed by atoms with E-state index in [-0.39, 0.29) is 6.54 Å². The summed E-state index contributed by atoms with van der Waals surface area (Å²) in [6, 6.07) is -0.555. The van der Waals surface area contributed by atoms with Crippen LogP contribution in [0.4, 0.5) is 0 Å². The summed E-state index contributed by atoms with van der Waals surface area (Å²) in [4.78, 5) is 14.8. The van der Waals surface area contributed by atoms with E-state index in [4.69, 9.17) is 10.8 Å². The van der Waals surface area contributed by atoms with Crippen LogP contribution in [0.25, 0.3) is 0 Å². The van der Waals surface area contributed by atoms with Crippen molar-refractivity contribution in [3.8, 4) is 0 Å². The molecule has 5 heteroatoms. The van der Waals surface area contributed by atoms with Crippen molar-refractivity contribution < 1.29 is 9.90 Å². The molecule has 3 N–H and O–H groups in total. The van der Waals surface area contributed by atoms with E-state index in [2.05, 4.69) is 4.98 Å². The molecule has 72 valence electrons. The molecule has 0 spiro atoms. The normalized spacial score (nSPS) is 12.8. The van der Waals surface area contributed by atoms with Gasteiger partial charge >= 0.3 is 5.97 Å². The summed E-state index contributed by atoms with van der Waals surface area (Å²) < 4.78 is 1.60. The predicted octanol–water partition coefficient (Wildman–Crippen LogP) is 0.378. The molecule has 0 saturated heterocycles. The fraction of sp³-hybridized carbons (Fsp3) is 0.500. The summed E-state index contributed by atoms with van der Waals surface area (Å²) in [5.41, 5.74) is 5.41. The Morgan fingerprint density at radius 3 is 3.00 bits per heavy atom. The zero-order chi connectivity index (χ0) is 9.84. The number of aromatic nitrogens is 2. The van der Waals surface area contributed by atoms with Crippen molar-refractivity contribution in [2.45, 2.75) is 25.9 Å². The van der Waals surface area contributed by atoms with Crippen LogP contribution in [0.1, 0.15) is 25.2 Å². The molecule has 0 radical (unpaired) electrons. The van der Waals surface area contributed by atoms with Gasteiger partial charge in [0.2, 0.25) is 0 Å². The number of aliphatic carboxylic acids is 1. The smallest absolute Gasteiger partial charge is 0.326 e. The van der Waals surface area contributed by atoms with Gasteiger partial charge in [0, 0.05) is 12.4 Å². The van der Waals surface area contributed by atoms with E-state index in [0.29, 0.717) is 12.2 Å². The molecule has 1 atom stereocenters. The van der Waals surface area contributed by atoms with Crippen LogP contribution in [-0.4, -0.2) is 20.6 Å². The summed E-state index contributed by atoms with van der Waals surface area (Å²) in [5, 5.41) is 8.88. The van der Waals surface area contributed by atoms with Gasteiger partial charge in [-0.15, -0.1) is 0 Å². The first-order chi connectivity index (χ1) is 6.20. The average molecular weight is 183 g/mol. The molecule has 0 bridgehead atoms. The number of carbonyl (C=O) groups is 1. The highest BCUT2D eigenvalue weighted by molar-refractivity contribution is 5.71. The minimum Gasteiger partial charge on any atom is -0.480 e. The molecule has 5 nitrogen and oxygen atoms in total. The number of hydrogen-bond acceptors (Lipinski definition) is 3. The molecule has 1 heterocycles. The summed E-state index contributed by atoms with van der Waals surface area (Å²) in [6.45, 7) is 2.08. The third-order valence-electron chi connectivity index (χ3n) is 1.94. The minimum atomic E-state index is -0.852. The molecule has 0 aliphatic heterocycles. The predicted molar refractivity (Wildman–Crippen MR) is 47.1 cm³/mol. The highest BCUT2D eigenvalue weighted by Crippen LogP contribution is 2.13. The number of carboxylic acids is 1. The number of nitrogens with zero attached hydrogens (tertiary/aromatic N) is 2. The highest BCUT2D eigenvalue weighted by atomic mass is 16.4. The molecule has 1 aromatic rings. The van der Waals surface area contributed by atoms with Gasteiger partial charge in [0.05, 0.1) is 6.54 Å². The third-order valence-corrected chi connectivity index (χ3v) is 1.94. The quantitative estimate of drug-likeness (QED) is 0.707. The maximum atomic E-state index is 10.8. The van der Waals surface area contributed by atoms with Crippen LogP contribution < -0.4 is 5.73 Å². The lowest BCUT2D eigenvalue weighted by Gasteiger charge is -2.13. The minimum absolute atomic E-state index is 0.261. The fourth-order valence-corrected chi connectivity index (χ4v) is 1.28. The second-order valence-electron chi connectivity index (χ2n) is 2.72. The van der Waals surface area contributed by atoms with Crippen molar-refractivity contribution in [1.29, 1.82) is 0 Å². The second-order valence-corrected chi connectivity index (χ2v) is 2.72. The van der Waals surface area contributed by atoms with Gasteiger partial charge in [-0.2, -0.15) is 0 Å². The lowest BCUT2D eigenvalue weighted by Crippen LogP contribution is -2.21. The average Bonchev–Trinajstić information content (AvgIpc) is 2.53. The second kappa shape index (κ2) is 4.04. The molecule has 0 aliphatic rings. The number of nitrogens with two attached hydrogens (primary N) is 1. The van der Waals surface area contributed by atoms with Gasteiger partial charge in [-0.25, -0.2) is 9.78 Å². The molecule has 0 aromatic carbocycles. The summed E-state index contributed by atoms with van der Waals surface area (Å²) in [5.74, 6) is -0.246. The van der Waals surface area contributed by atoms with Gasteiger partial charge < -0.3 is 15.4 Å². The lowest BCUT2D eigenvalue weighted by atomic mass is 10.2. The van der Waals surface area contributed by atoms with Crippen LogP contribution in [-0.2, 0) is 11.3 Å².